The highest BCUT2D eigenvalue weighted by atomic mass is 31.2. The Labute approximate surface area is 461 Å². The van der Waals surface area contributed by atoms with Gasteiger partial charge in [0.1, 0.15) is 92.1 Å². The molecule has 3 aliphatic rings. The fourth-order valence-electron chi connectivity index (χ4n) is 9.70. The zero-order valence-electron chi connectivity index (χ0n) is 46.2. The molecule has 0 radical (unpaired) electrons. The lowest BCUT2D eigenvalue weighted by Gasteiger charge is -2.49. The van der Waals surface area contributed by atoms with Gasteiger partial charge in [-0.2, -0.15) is 0 Å². The van der Waals surface area contributed by atoms with Crippen molar-refractivity contribution in [3.05, 3.63) is 12.2 Å². The Morgan fingerprint density at radius 2 is 0.846 bits per heavy atom. The van der Waals surface area contributed by atoms with E-state index in [-0.39, 0.29) is 12.8 Å². The van der Waals surface area contributed by atoms with Crippen molar-refractivity contribution in [1.29, 1.82) is 0 Å². The van der Waals surface area contributed by atoms with Gasteiger partial charge in [-0.25, -0.2) is 4.57 Å². The molecule has 1 saturated carbocycles. The number of ether oxygens (including phenoxy) is 6. The zero-order chi connectivity index (χ0) is 57.5. The van der Waals surface area contributed by atoms with Crippen molar-refractivity contribution in [3.8, 4) is 0 Å². The van der Waals surface area contributed by atoms with E-state index in [1.165, 1.54) is 83.5 Å². The lowest BCUT2D eigenvalue weighted by Crippen LogP contribution is -2.69. The summed E-state index contributed by atoms with van der Waals surface area (Å²) in [5.41, 5.74) is 0. The normalized spacial score (nSPS) is 31.8. The van der Waals surface area contributed by atoms with E-state index in [1.54, 1.807) is 0 Å². The van der Waals surface area contributed by atoms with Crippen LogP contribution in [0.3, 0.4) is 0 Å². The number of hydrogen-bond acceptors (Lipinski definition) is 22. The molecule has 78 heavy (non-hydrogen) atoms. The van der Waals surface area contributed by atoms with Crippen LogP contribution < -0.4 is 0 Å². The van der Waals surface area contributed by atoms with Crippen LogP contribution in [0.15, 0.2) is 12.2 Å². The van der Waals surface area contributed by atoms with Crippen LogP contribution in [0.4, 0.5) is 0 Å². The summed E-state index contributed by atoms with van der Waals surface area (Å²) < 4.78 is 58.0. The summed E-state index contributed by atoms with van der Waals surface area (Å²) in [6, 6.07) is 0. The van der Waals surface area contributed by atoms with Crippen molar-refractivity contribution < 1.29 is 113 Å². The van der Waals surface area contributed by atoms with Crippen LogP contribution in [0.5, 0.6) is 0 Å². The number of carbonyl (C=O) groups excluding carboxylic acids is 2. The molecule has 16 unspecified atom stereocenters. The van der Waals surface area contributed by atoms with Gasteiger partial charge >= 0.3 is 19.8 Å². The molecule has 458 valence electrons. The van der Waals surface area contributed by atoms with Crippen LogP contribution in [-0.4, -0.2) is 204 Å². The third-order valence-electron chi connectivity index (χ3n) is 14.6. The maximum absolute atomic E-state index is 14.0. The molecular formula is C54H99O23P. The number of phosphoric acid groups is 1. The van der Waals surface area contributed by atoms with E-state index in [0.717, 1.165) is 64.2 Å². The summed E-state index contributed by atoms with van der Waals surface area (Å²) in [5.74, 6) is -1.35. The minimum atomic E-state index is -5.63. The van der Waals surface area contributed by atoms with Crippen LogP contribution in [0.2, 0.25) is 0 Å². The van der Waals surface area contributed by atoms with Crippen LogP contribution in [0, 0.1) is 0 Å². The van der Waals surface area contributed by atoms with Crippen molar-refractivity contribution >= 4 is 19.8 Å². The highest BCUT2D eigenvalue weighted by Gasteiger charge is 2.58. The minimum absolute atomic E-state index is 0.0306. The Hall–Kier alpha value is -1.81. The standard InChI is InChI=1S/C54H99O23P/c1-3-5-7-9-11-13-15-17-19-20-22-24-26-28-30-39(57)70-34-36(72-40(58)31-29-27-25-23-21-18-16-14-12-10-8-6-4-2)35-71-78(68,69)77-52-50(75-53-48(66)43(61)41(59)37(32-55)73-53)46(64)45(63)47(65)51(52)76-54-49(67)44(62)42(60)38(33-56)74-54/h19-20,36-38,41-56,59-67H,3-18,21-35H2,1-2H3,(H,68,69)/b20-19-. The van der Waals surface area contributed by atoms with E-state index in [0.29, 0.717) is 12.8 Å². The van der Waals surface area contributed by atoms with Gasteiger partial charge in [-0.1, -0.05) is 148 Å². The number of esters is 2. The lowest BCUT2D eigenvalue weighted by molar-refractivity contribution is -0.360. The van der Waals surface area contributed by atoms with Gasteiger partial charge in [0.25, 0.3) is 0 Å². The SMILES string of the molecule is CCCCCCCCC/C=C\CCCCCC(=O)OCC(COP(=O)(O)OC1C(OC2OC(CO)C(O)C(O)C2O)C(O)C(O)C(O)C1OC1OC(CO)C(O)C(O)C1O)OC(=O)CCCCCCCCCCCCCCC. The van der Waals surface area contributed by atoms with Crippen molar-refractivity contribution in [3.63, 3.8) is 0 Å². The van der Waals surface area contributed by atoms with Gasteiger partial charge in [0, 0.05) is 12.8 Å². The number of rotatable bonds is 42. The second-order valence-electron chi connectivity index (χ2n) is 21.2. The summed E-state index contributed by atoms with van der Waals surface area (Å²) in [6.45, 7) is 0.983. The van der Waals surface area contributed by atoms with Gasteiger partial charge in [-0.05, 0) is 38.5 Å². The zero-order valence-corrected chi connectivity index (χ0v) is 47.1. The maximum Gasteiger partial charge on any atom is 0.472 e. The van der Waals surface area contributed by atoms with Gasteiger partial charge in [0.15, 0.2) is 18.7 Å². The van der Waals surface area contributed by atoms with Crippen LogP contribution in [0.1, 0.15) is 187 Å². The fourth-order valence-corrected chi connectivity index (χ4v) is 10.7. The first kappa shape index (κ1) is 70.5. The molecule has 0 aromatic heterocycles. The molecule has 2 saturated heterocycles. The van der Waals surface area contributed by atoms with Gasteiger partial charge in [0.05, 0.1) is 19.8 Å². The van der Waals surface area contributed by atoms with Gasteiger partial charge in [-0.15, -0.1) is 0 Å². The average molecular weight is 1150 g/mol. The van der Waals surface area contributed by atoms with Crippen molar-refractivity contribution in [1.82, 2.24) is 0 Å². The predicted octanol–water partition coefficient (Wildman–Crippen LogP) is 3.54. The van der Waals surface area contributed by atoms with E-state index < -0.39 is 150 Å². The molecule has 0 bridgehead atoms. The number of hydrogen-bond donors (Lipinski definition) is 12. The number of carbonyl (C=O) groups is 2. The van der Waals surface area contributed by atoms with Crippen molar-refractivity contribution in [2.75, 3.05) is 26.4 Å². The molecule has 16 atom stereocenters. The average Bonchev–Trinajstić information content (AvgIpc) is 3.42. The maximum atomic E-state index is 14.0. The smallest absolute Gasteiger partial charge is 0.462 e. The Morgan fingerprint density at radius 1 is 0.474 bits per heavy atom. The van der Waals surface area contributed by atoms with Crippen LogP contribution in [0.25, 0.3) is 0 Å². The van der Waals surface area contributed by atoms with E-state index in [2.05, 4.69) is 26.0 Å². The Bertz CT molecular complexity index is 1610. The second kappa shape index (κ2) is 39.6. The van der Waals surface area contributed by atoms with Gasteiger partial charge < -0.3 is 89.5 Å². The van der Waals surface area contributed by atoms with Crippen LogP contribution >= 0.6 is 7.82 Å². The van der Waals surface area contributed by atoms with E-state index >= 15 is 0 Å². The summed E-state index contributed by atoms with van der Waals surface area (Å²) in [4.78, 5) is 37.4. The Balaban J connectivity index is 1.72. The molecular weight excluding hydrogens is 1050 g/mol. The fraction of sp³-hybridized carbons (Fsp3) is 0.926. The lowest BCUT2D eigenvalue weighted by atomic mass is 9.84. The van der Waals surface area contributed by atoms with E-state index in [1.807, 2.05) is 0 Å². The molecule has 0 aromatic rings. The highest BCUT2D eigenvalue weighted by Crippen LogP contribution is 2.49. The summed E-state index contributed by atoms with van der Waals surface area (Å²) in [6.07, 6.45) is -3.66. The summed E-state index contributed by atoms with van der Waals surface area (Å²) >= 11 is 0. The molecule has 0 spiro atoms. The Kier molecular flexibility index (Phi) is 35.8. The first-order valence-corrected chi connectivity index (χ1v) is 30.5. The highest BCUT2D eigenvalue weighted by molar-refractivity contribution is 7.47. The van der Waals surface area contributed by atoms with E-state index in [9.17, 15) is 75.2 Å². The quantitative estimate of drug-likeness (QED) is 0.0180. The number of phosphoric ester groups is 1. The van der Waals surface area contributed by atoms with Gasteiger partial charge in [0.2, 0.25) is 0 Å². The molecule has 0 amide bonds. The number of allylic oxidation sites excluding steroid dienone is 2. The number of aliphatic hydroxyl groups is 11. The van der Waals surface area contributed by atoms with Gasteiger partial charge in [-0.3, -0.25) is 18.6 Å². The second-order valence-corrected chi connectivity index (χ2v) is 22.6. The largest absolute Gasteiger partial charge is 0.472 e. The molecule has 2 aliphatic heterocycles. The predicted molar refractivity (Wildman–Crippen MR) is 282 cm³/mol. The minimum Gasteiger partial charge on any atom is -0.462 e. The molecule has 0 aromatic carbocycles. The van der Waals surface area contributed by atoms with Crippen molar-refractivity contribution in [2.24, 2.45) is 0 Å². The molecule has 24 heteroatoms. The van der Waals surface area contributed by atoms with E-state index in [4.69, 9.17) is 37.5 Å². The Morgan fingerprint density at radius 3 is 1.27 bits per heavy atom. The summed E-state index contributed by atoms with van der Waals surface area (Å²) in [7, 11) is -5.63. The first-order chi connectivity index (χ1) is 37.4. The number of unbranched alkanes of at least 4 members (excludes halogenated alkanes) is 22. The van der Waals surface area contributed by atoms with Crippen molar-refractivity contribution in [2.45, 2.75) is 291 Å². The third kappa shape index (κ3) is 25.4. The molecule has 2 heterocycles. The molecule has 3 rings (SSSR count). The molecule has 1 aliphatic carbocycles. The topological polar surface area (TPSA) is 368 Å². The molecule has 23 nitrogen and oxygen atoms in total. The van der Waals surface area contributed by atoms with Crippen LogP contribution in [-0.2, 0) is 51.6 Å². The molecule has 3 fully saturated rings. The first-order valence-electron chi connectivity index (χ1n) is 29.0. The third-order valence-corrected chi connectivity index (χ3v) is 15.6. The monoisotopic (exact) mass is 1150 g/mol. The molecule has 12 N–H and O–H groups in total. The summed E-state index contributed by atoms with van der Waals surface area (Å²) in [5, 5.41) is 116. The number of aliphatic hydroxyl groups excluding tert-OH is 11.